The van der Waals surface area contributed by atoms with Crippen LogP contribution in [0.5, 0.6) is 0 Å². The van der Waals surface area contributed by atoms with E-state index in [9.17, 15) is 9.70 Å². The molecule has 2 aliphatic heterocycles. The van der Waals surface area contributed by atoms with Gasteiger partial charge in [-0.25, -0.2) is 0 Å². The molecule has 0 bridgehead atoms. The lowest BCUT2D eigenvalue weighted by atomic mass is 9.91. The average Bonchev–Trinajstić information content (AvgIpc) is 2.76. The highest BCUT2D eigenvalue weighted by molar-refractivity contribution is 8.14. The number of thioether (sulfide) groups is 1. The van der Waals surface area contributed by atoms with Crippen LogP contribution >= 0.6 is 23.4 Å². The second-order valence-electron chi connectivity index (χ2n) is 5.30. The molecule has 0 spiro atoms. The molecule has 4 nitrogen and oxygen atoms in total. The van der Waals surface area contributed by atoms with Crippen LogP contribution < -0.4 is 0 Å². The van der Waals surface area contributed by atoms with Crippen LogP contribution in [0.15, 0.2) is 29.4 Å². The SMILES string of the molecule is O=NC1C(=O)SC2CCN(Cc3ccccc3Cl)CC21. The number of piperidine rings is 1. The van der Waals surface area contributed by atoms with Crippen LogP contribution in [-0.2, 0) is 11.3 Å². The Labute approximate surface area is 126 Å². The van der Waals surface area contributed by atoms with Crippen molar-refractivity contribution >= 4 is 28.5 Å². The van der Waals surface area contributed by atoms with Crippen molar-refractivity contribution in [1.82, 2.24) is 4.90 Å². The lowest BCUT2D eigenvalue weighted by molar-refractivity contribution is -0.112. The van der Waals surface area contributed by atoms with Crippen LogP contribution in [0.1, 0.15) is 12.0 Å². The third-order valence-electron chi connectivity index (χ3n) is 4.06. The quantitative estimate of drug-likeness (QED) is 0.805. The van der Waals surface area contributed by atoms with Crippen molar-refractivity contribution in [3.8, 4) is 0 Å². The number of hydrogen-bond acceptors (Lipinski definition) is 5. The summed E-state index contributed by atoms with van der Waals surface area (Å²) in [5.41, 5.74) is 1.08. The molecule has 2 saturated heterocycles. The largest absolute Gasteiger partial charge is 0.299 e. The van der Waals surface area contributed by atoms with Crippen molar-refractivity contribution in [2.24, 2.45) is 11.1 Å². The summed E-state index contributed by atoms with van der Waals surface area (Å²) in [5, 5.41) is 4.00. The Balaban J connectivity index is 1.70. The molecule has 0 aliphatic carbocycles. The molecule has 0 aromatic heterocycles. The molecule has 2 heterocycles. The predicted octanol–water partition coefficient (Wildman–Crippen LogP) is 2.94. The molecule has 0 saturated carbocycles. The van der Waals surface area contributed by atoms with Crippen LogP contribution in [0.3, 0.4) is 0 Å². The van der Waals surface area contributed by atoms with E-state index in [4.69, 9.17) is 11.6 Å². The first-order valence-electron chi connectivity index (χ1n) is 6.68. The molecular formula is C14H15ClN2O2S. The van der Waals surface area contributed by atoms with E-state index in [1.807, 2.05) is 24.3 Å². The molecule has 106 valence electrons. The van der Waals surface area contributed by atoms with E-state index in [0.29, 0.717) is 0 Å². The van der Waals surface area contributed by atoms with Crippen molar-refractivity contribution in [3.63, 3.8) is 0 Å². The van der Waals surface area contributed by atoms with E-state index in [2.05, 4.69) is 10.1 Å². The number of nitroso groups, excluding NO2 is 1. The fraction of sp³-hybridized carbons (Fsp3) is 0.500. The number of fused-ring (bicyclic) bond motifs is 1. The monoisotopic (exact) mass is 310 g/mol. The highest BCUT2D eigenvalue weighted by Gasteiger charge is 2.47. The summed E-state index contributed by atoms with van der Waals surface area (Å²) in [6.07, 6.45) is 0.928. The normalized spacial score (nSPS) is 30.2. The van der Waals surface area contributed by atoms with Gasteiger partial charge in [-0.1, -0.05) is 46.7 Å². The van der Waals surface area contributed by atoms with Crippen LogP contribution in [0.4, 0.5) is 0 Å². The van der Waals surface area contributed by atoms with E-state index in [1.165, 1.54) is 11.8 Å². The number of carbonyl (C=O) groups excluding carboxylic acids is 1. The standard InChI is InChI=1S/C14H15ClN2O2S/c15-11-4-2-1-3-9(11)7-17-6-5-12-10(8-17)13(16-19)14(18)20-12/h1-4,10,12-13H,5-8H2. The van der Waals surface area contributed by atoms with Gasteiger partial charge in [-0.2, -0.15) is 0 Å². The summed E-state index contributed by atoms with van der Waals surface area (Å²) in [6.45, 7) is 2.43. The van der Waals surface area contributed by atoms with Crippen molar-refractivity contribution in [1.29, 1.82) is 0 Å². The maximum Gasteiger partial charge on any atom is 0.217 e. The Bertz CT molecular complexity index is 540. The van der Waals surface area contributed by atoms with E-state index in [1.54, 1.807) is 0 Å². The van der Waals surface area contributed by atoms with E-state index < -0.39 is 6.04 Å². The summed E-state index contributed by atoms with van der Waals surface area (Å²) in [5.74, 6) is 0.0567. The van der Waals surface area contributed by atoms with Gasteiger partial charge < -0.3 is 0 Å². The smallest absolute Gasteiger partial charge is 0.217 e. The number of halogens is 1. The van der Waals surface area contributed by atoms with E-state index >= 15 is 0 Å². The minimum absolute atomic E-state index is 0.0567. The molecule has 0 amide bonds. The van der Waals surface area contributed by atoms with Gasteiger partial charge in [0.2, 0.25) is 5.12 Å². The summed E-state index contributed by atoms with van der Waals surface area (Å²) >= 11 is 7.49. The Kier molecular flexibility index (Phi) is 4.10. The molecule has 2 aliphatic rings. The third kappa shape index (κ3) is 2.62. The lowest BCUT2D eigenvalue weighted by Gasteiger charge is -2.34. The summed E-state index contributed by atoms with van der Waals surface area (Å²) < 4.78 is 0. The lowest BCUT2D eigenvalue weighted by Crippen LogP contribution is -2.43. The van der Waals surface area contributed by atoms with Crippen molar-refractivity contribution in [2.75, 3.05) is 13.1 Å². The molecule has 2 fully saturated rings. The first kappa shape index (κ1) is 14.0. The van der Waals surface area contributed by atoms with Crippen molar-refractivity contribution in [3.05, 3.63) is 39.8 Å². The van der Waals surface area contributed by atoms with Gasteiger partial charge in [0.25, 0.3) is 0 Å². The van der Waals surface area contributed by atoms with Crippen LogP contribution in [0.25, 0.3) is 0 Å². The molecule has 1 aromatic carbocycles. The Morgan fingerprint density at radius 3 is 2.95 bits per heavy atom. The number of carbonyl (C=O) groups is 1. The minimum Gasteiger partial charge on any atom is -0.299 e. The van der Waals surface area contributed by atoms with Crippen LogP contribution in [0.2, 0.25) is 5.02 Å². The van der Waals surface area contributed by atoms with Gasteiger partial charge in [-0.15, -0.1) is 4.91 Å². The molecule has 20 heavy (non-hydrogen) atoms. The van der Waals surface area contributed by atoms with Crippen molar-refractivity contribution < 1.29 is 4.79 Å². The highest BCUT2D eigenvalue weighted by atomic mass is 35.5. The number of nitrogens with zero attached hydrogens (tertiary/aromatic N) is 2. The molecule has 3 rings (SSSR count). The number of hydrogen-bond donors (Lipinski definition) is 0. The molecule has 0 N–H and O–H groups in total. The number of rotatable bonds is 3. The molecular weight excluding hydrogens is 296 g/mol. The first-order valence-corrected chi connectivity index (χ1v) is 7.93. The van der Waals surface area contributed by atoms with Crippen LogP contribution in [0, 0.1) is 10.8 Å². The Morgan fingerprint density at radius 1 is 1.40 bits per heavy atom. The second-order valence-corrected chi connectivity index (χ2v) is 6.96. The third-order valence-corrected chi connectivity index (χ3v) is 5.79. The molecule has 0 radical (unpaired) electrons. The molecule has 3 unspecified atom stereocenters. The second kappa shape index (κ2) is 5.84. The van der Waals surface area contributed by atoms with Crippen molar-refractivity contribution in [2.45, 2.75) is 24.3 Å². The topological polar surface area (TPSA) is 49.7 Å². The van der Waals surface area contributed by atoms with Gasteiger partial charge in [0, 0.05) is 29.3 Å². The van der Waals surface area contributed by atoms with E-state index in [-0.39, 0.29) is 16.3 Å². The van der Waals surface area contributed by atoms with Gasteiger partial charge >= 0.3 is 0 Å². The van der Waals surface area contributed by atoms with Crippen LogP contribution in [-0.4, -0.2) is 34.4 Å². The number of benzene rings is 1. The zero-order chi connectivity index (χ0) is 14.1. The Hall–Kier alpha value is -0.910. The summed E-state index contributed by atoms with van der Waals surface area (Å²) in [7, 11) is 0. The van der Waals surface area contributed by atoms with E-state index in [0.717, 1.165) is 36.6 Å². The van der Waals surface area contributed by atoms with Gasteiger partial charge in [-0.05, 0) is 24.6 Å². The van der Waals surface area contributed by atoms with Gasteiger partial charge in [0.15, 0.2) is 6.04 Å². The molecule has 3 atom stereocenters. The predicted molar refractivity (Wildman–Crippen MR) is 80.8 cm³/mol. The van der Waals surface area contributed by atoms with Gasteiger partial charge in [0.1, 0.15) is 0 Å². The highest BCUT2D eigenvalue weighted by Crippen LogP contribution is 2.41. The minimum atomic E-state index is -0.668. The fourth-order valence-electron chi connectivity index (χ4n) is 3.01. The van der Waals surface area contributed by atoms with Gasteiger partial charge in [0.05, 0.1) is 0 Å². The number of likely N-dealkylation sites (tertiary alicyclic amines) is 1. The van der Waals surface area contributed by atoms with Gasteiger partial charge in [-0.3, -0.25) is 9.69 Å². The summed E-state index contributed by atoms with van der Waals surface area (Å²) in [4.78, 5) is 24.9. The fourth-order valence-corrected chi connectivity index (χ4v) is 4.49. The Morgan fingerprint density at radius 2 is 2.20 bits per heavy atom. The summed E-state index contributed by atoms with van der Waals surface area (Å²) in [6, 6.07) is 7.11. The zero-order valence-electron chi connectivity index (χ0n) is 10.9. The maximum atomic E-state index is 11.7. The average molecular weight is 311 g/mol. The molecule has 6 heteroatoms. The first-order chi connectivity index (χ1) is 9.69. The zero-order valence-corrected chi connectivity index (χ0v) is 12.4. The molecule has 1 aromatic rings. The maximum absolute atomic E-state index is 11.7.